The summed E-state index contributed by atoms with van der Waals surface area (Å²) in [6.07, 6.45) is 1.68. The first kappa shape index (κ1) is 18.7. The summed E-state index contributed by atoms with van der Waals surface area (Å²) in [5, 5.41) is 3.72. The van der Waals surface area contributed by atoms with E-state index in [9.17, 15) is 8.42 Å². The zero-order valence-corrected chi connectivity index (χ0v) is 14.9. The predicted molar refractivity (Wildman–Crippen MR) is 88.5 cm³/mol. The van der Waals surface area contributed by atoms with Crippen molar-refractivity contribution in [2.75, 3.05) is 6.54 Å². The minimum Gasteiger partial charge on any atom is -0.313 e. The van der Waals surface area contributed by atoms with Crippen LogP contribution in [0.1, 0.15) is 39.2 Å². The minimum absolute atomic E-state index is 0.0735. The fourth-order valence-electron chi connectivity index (χ4n) is 1.99. The van der Waals surface area contributed by atoms with Crippen molar-refractivity contribution in [2.24, 2.45) is 0 Å². The molecule has 0 heterocycles. The van der Waals surface area contributed by atoms with Crippen molar-refractivity contribution in [3.05, 3.63) is 27.7 Å². The third-order valence-corrected chi connectivity index (χ3v) is 5.44. The van der Waals surface area contributed by atoms with Gasteiger partial charge in [0.05, 0.1) is 5.02 Å². The van der Waals surface area contributed by atoms with Gasteiger partial charge in [-0.25, -0.2) is 13.1 Å². The van der Waals surface area contributed by atoms with E-state index >= 15 is 0 Å². The van der Waals surface area contributed by atoms with E-state index < -0.39 is 10.0 Å². The van der Waals surface area contributed by atoms with Crippen molar-refractivity contribution in [3.63, 3.8) is 0 Å². The summed E-state index contributed by atoms with van der Waals surface area (Å²) >= 11 is 12.2. The normalized spacial score (nSPS) is 13.4. The number of hydrogen-bond acceptors (Lipinski definition) is 3. The van der Waals surface area contributed by atoms with Gasteiger partial charge in [0.1, 0.15) is 4.90 Å². The van der Waals surface area contributed by atoms with Crippen molar-refractivity contribution < 1.29 is 8.42 Å². The van der Waals surface area contributed by atoms with E-state index in [2.05, 4.69) is 10.0 Å². The largest absolute Gasteiger partial charge is 0.313 e. The van der Waals surface area contributed by atoms with Gasteiger partial charge in [-0.15, -0.1) is 0 Å². The smallest absolute Gasteiger partial charge is 0.242 e. The Bertz CT molecular complexity index is 577. The number of nitrogens with one attached hydrogen (secondary N) is 2. The molecular formula is C14H22Cl2N2O2S. The van der Waals surface area contributed by atoms with Crippen molar-refractivity contribution in [3.8, 4) is 0 Å². The van der Waals surface area contributed by atoms with E-state index in [1.165, 1.54) is 12.1 Å². The standard InChI is InChI=1S/C14H22Cl2N2O2S/c1-4-6-10(3)18-21(19,20)14-7-11(9-17-5-2)12(15)8-13(14)16/h7-8,10,17-18H,4-6,9H2,1-3H3. The van der Waals surface area contributed by atoms with E-state index in [1.807, 2.05) is 20.8 Å². The van der Waals surface area contributed by atoms with Gasteiger partial charge in [0, 0.05) is 17.6 Å². The summed E-state index contributed by atoms with van der Waals surface area (Å²) in [6, 6.07) is 2.88. The molecule has 0 saturated carbocycles. The van der Waals surface area contributed by atoms with Crippen LogP contribution in [0.4, 0.5) is 0 Å². The van der Waals surface area contributed by atoms with Crippen molar-refractivity contribution >= 4 is 33.2 Å². The average molecular weight is 353 g/mol. The Balaban J connectivity index is 3.10. The van der Waals surface area contributed by atoms with E-state index in [0.29, 0.717) is 17.1 Å². The first-order valence-corrected chi connectivity index (χ1v) is 9.26. The Kier molecular flexibility index (Phi) is 7.44. The second-order valence-corrected chi connectivity index (χ2v) is 7.46. The van der Waals surface area contributed by atoms with Gasteiger partial charge in [-0.2, -0.15) is 0 Å². The molecule has 1 unspecified atom stereocenters. The topological polar surface area (TPSA) is 58.2 Å². The second kappa shape index (κ2) is 8.34. The molecule has 0 bridgehead atoms. The highest BCUT2D eigenvalue weighted by Gasteiger charge is 2.21. The maximum atomic E-state index is 12.4. The van der Waals surface area contributed by atoms with Gasteiger partial charge in [0.15, 0.2) is 0 Å². The van der Waals surface area contributed by atoms with E-state index in [1.54, 1.807) is 0 Å². The number of halogens is 2. The van der Waals surface area contributed by atoms with Crippen LogP contribution in [0.5, 0.6) is 0 Å². The first-order chi connectivity index (χ1) is 9.81. The molecule has 7 heteroatoms. The maximum Gasteiger partial charge on any atom is 0.242 e. The molecule has 2 N–H and O–H groups in total. The van der Waals surface area contributed by atoms with Crippen LogP contribution in [0.2, 0.25) is 10.0 Å². The zero-order chi connectivity index (χ0) is 16.0. The van der Waals surface area contributed by atoms with Crippen LogP contribution in [0.25, 0.3) is 0 Å². The lowest BCUT2D eigenvalue weighted by Crippen LogP contribution is -2.32. The highest BCUT2D eigenvalue weighted by atomic mass is 35.5. The first-order valence-electron chi connectivity index (χ1n) is 7.02. The quantitative estimate of drug-likeness (QED) is 0.751. The molecule has 1 aromatic rings. The Morgan fingerprint density at radius 2 is 1.86 bits per heavy atom. The molecule has 4 nitrogen and oxygen atoms in total. The van der Waals surface area contributed by atoms with Gasteiger partial charge in [-0.05, 0) is 37.6 Å². The highest BCUT2D eigenvalue weighted by Crippen LogP contribution is 2.29. The molecule has 0 fully saturated rings. The monoisotopic (exact) mass is 352 g/mol. The molecular weight excluding hydrogens is 331 g/mol. The molecule has 0 aliphatic rings. The molecule has 120 valence electrons. The van der Waals surface area contributed by atoms with Crippen molar-refractivity contribution in [1.29, 1.82) is 0 Å². The number of rotatable bonds is 8. The van der Waals surface area contributed by atoms with Gasteiger partial charge in [-0.1, -0.05) is 43.5 Å². The molecule has 21 heavy (non-hydrogen) atoms. The summed E-state index contributed by atoms with van der Waals surface area (Å²) in [5.41, 5.74) is 0.714. The number of sulfonamides is 1. The molecule has 0 aliphatic carbocycles. The van der Waals surface area contributed by atoms with Crippen LogP contribution < -0.4 is 10.0 Å². The molecule has 1 rings (SSSR count). The predicted octanol–water partition coefficient (Wildman–Crippen LogP) is 3.57. The van der Waals surface area contributed by atoms with E-state index in [4.69, 9.17) is 23.2 Å². The van der Waals surface area contributed by atoms with Crippen LogP contribution in [-0.2, 0) is 16.6 Å². The molecule has 0 saturated heterocycles. The Morgan fingerprint density at radius 3 is 2.43 bits per heavy atom. The van der Waals surface area contributed by atoms with Crippen molar-refractivity contribution in [1.82, 2.24) is 10.0 Å². The minimum atomic E-state index is -3.65. The summed E-state index contributed by atoms with van der Waals surface area (Å²) in [4.78, 5) is 0.0735. The Morgan fingerprint density at radius 1 is 1.19 bits per heavy atom. The van der Waals surface area contributed by atoms with Gasteiger partial charge >= 0.3 is 0 Å². The molecule has 0 spiro atoms. The van der Waals surface area contributed by atoms with E-state index in [-0.39, 0.29) is 16.0 Å². The highest BCUT2D eigenvalue weighted by molar-refractivity contribution is 7.89. The van der Waals surface area contributed by atoms with Crippen molar-refractivity contribution in [2.45, 2.75) is 51.1 Å². The average Bonchev–Trinajstić information content (AvgIpc) is 2.37. The lowest BCUT2D eigenvalue weighted by molar-refractivity contribution is 0.544. The molecule has 0 radical (unpaired) electrons. The summed E-state index contributed by atoms with van der Waals surface area (Å²) in [5.74, 6) is 0. The third kappa shape index (κ3) is 5.42. The second-order valence-electron chi connectivity index (χ2n) is 4.97. The number of benzene rings is 1. The lowest BCUT2D eigenvalue weighted by Gasteiger charge is -2.15. The van der Waals surface area contributed by atoms with Crippen LogP contribution >= 0.6 is 23.2 Å². The summed E-state index contributed by atoms with van der Waals surface area (Å²) < 4.78 is 27.5. The van der Waals surface area contributed by atoms with Crippen LogP contribution in [0.3, 0.4) is 0 Å². The summed E-state index contributed by atoms with van der Waals surface area (Å²) in [6.45, 7) is 7.08. The Labute approximate surface area is 137 Å². The molecule has 0 aliphatic heterocycles. The molecule has 1 atom stereocenters. The van der Waals surface area contributed by atoms with Crippen LogP contribution in [0.15, 0.2) is 17.0 Å². The maximum absolute atomic E-state index is 12.4. The Hall–Kier alpha value is -0.330. The number of hydrogen-bond donors (Lipinski definition) is 2. The fraction of sp³-hybridized carbons (Fsp3) is 0.571. The van der Waals surface area contributed by atoms with Crippen LogP contribution in [0, 0.1) is 0 Å². The SMILES string of the molecule is CCCC(C)NS(=O)(=O)c1cc(CNCC)c(Cl)cc1Cl. The van der Waals surface area contributed by atoms with Gasteiger partial charge in [0.25, 0.3) is 0 Å². The van der Waals surface area contributed by atoms with Gasteiger partial charge in [0.2, 0.25) is 10.0 Å². The zero-order valence-electron chi connectivity index (χ0n) is 12.5. The van der Waals surface area contributed by atoms with E-state index in [0.717, 1.165) is 19.4 Å². The molecule has 1 aromatic carbocycles. The van der Waals surface area contributed by atoms with Gasteiger partial charge in [-0.3, -0.25) is 0 Å². The summed E-state index contributed by atoms with van der Waals surface area (Å²) in [7, 11) is -3.65. The molecule has 0 aromatic heterocycles. The van der Waals surface area contributed by atoms with Crippen LogP contribution in [-0.4, -0.2) is 21.0 Å². The fourth-order valence-corrected chi connectivity index (χ4v) is 4.13. The van der Waals surface area contributed by atoms with Gasteiger partial charge < -0.3 is 5.32 Å². The molecule has 0 amide bonds. The third-order valence-electron chi connectivity index (χ3n) is 3.03. The lowest BCUT2D eigenvalue weighted by atomic mass is 10.2.